The first kappa shape index (κ1) is 26.8. The van der Waals surface area contributed by atoms with Gasteiger partial charge in [-0.25, -0.2) is 15.1 Å². The van der Waals surface area contributed by atoms with Gasteiger partial charge in [-0.2, -0.15) is 18.3 Å². The van der Waals surface area contributed by atoms with Crippen LogP contribution >= 0.6 is 0 Å². The molecule has 0 spiro atoms. The molecule has 14 heteroatoms. The normalized spacial score (nSPS) is 21.8. The van der Waals surface area contributed by atoms with Crippen LogP contribution in [0.3, 0.4) is 0 Å². The average molecular weight is 526 g/mol. The highest BCUT2D eigenvalue weighted by atomic mass is 19.4. The Morgan fingerprint density at radius 3 is 2.57 bits per heavy atom. The van der Waals surface area contributed by atoms with Gasteiger partial charge in [-0.3, -0.25) is 9.59 Å². The second-order valence-corrected chi connectivity index (χ2v) is 9.51. The predicted octanol–water partition coefficient (Wildman–Crippen LogP) is 1.42. The number of aliphatic hydroxyl groups excluding tert-OH is 1. The molecule has 4 N–H and O–H groups in total. The van der Waals surface area contributed by atoms with E-state index >= 15 is 0 Å². The summed E-state index contributed by atoms with van der Waals surface area (Å²) in [5, 5.41) is 21.1. The molecule has 1 saturated heterocycles. The highest BCUT2D eigenvalue weighted by Gasteiger charge is 2.38. The van der Waals surface area contributed by atoms with Crippen LogP contribution in [-0.2, 0) is 15.7 Å². The lowest BCUT2D eigenvalue weighted by molar-refractivity contribution is -0.138. The van der Waals surface area contributed by atoms with Crippen LogP contribution in [0.1, 0.15) is 50.2 Å². The molecule has 202 valence electrons. The first-order chi connectivity index (χ1) is 17.5. The van der Waals surface area contributed by atoms with Crippen molar-refractivity contribution in [3.63, 3.8) is 0 Å². The summed E-state index contributed by atoms with van der Waals surface area (Å²) >= 11 is 0. The maximum Gasteiger partial charge on any atom is 0.423 e. The van der Waals surface area contributed by atoms with Gasteiger partial charge in [0.05, 0.1) is 30.6 Å². The van der Waals surface area contributed by atoms with Gasteiger partial charge in [-0.1, -0.05) is 0 Å². The first-order valence-corrected chi connectivity index (χ1v) is 12.1. The van der Waals surface area contributed by atoms with Crippen LogP contribution in [0.4, 0.5) is 24.8 Å². The summed E-state index contributed by atoms with van der Waals surface area (Å²) in [5.41, 5.74) is -2.10. The van der Waals surface area contributed by atoms with Gasteiger partial charge in [0, 0.05) is 31.5 Å². The smallest absolute Gasteiger partial charge is 0.389 e. The molecule has 2 fully saturated rings. The number of H-pyrrole nitrogens is 1. The van der Waals surface area contributed by atoms with E-state index in [4.69, 9.17) is 4.74 Å². The van der Waals surface area contributed by atoms with Crippen LogP contribution in [0.25, 0.3) is 0 Å². The fraction of sp³-hybridized carbons (Fsp3) is 0.609. The largest absolute Gasteiger partial charge is 0.423 e. The summed E-state index contributed by atoms with van der Waals surface area (Å²) < 4.78 is 45.1. The number of aromatic nitrogens is 4. The number of carbonyl (C=O) groups is 1. The molecule has 0 radical (unpaired) electrons. The molecule has 2 aliphatic rings. The van der Waals surface area contributed by atoms with Crippen LogP contribution in [-0.4, -0.2) is 75.2 Å². The molecule has 1 aliphatic carbocycles. The third kappa shape index (κ3) is 6.74. The highest BCUT2D eigenvalue weighted by Crippen LogP contribution is 2.39. The van der Waals surface area contributed by atoms with Crippen molar-refractivity contribution in [1.29, 1.82) is 0 Å². The molecule has 0 bridgehead atoms. The van der Waals surface area contributed by atoms with Gasteiger partial charge in [0.2, 0.25) is 11.9 Å². The number of piperidine rings is 1. The zero-order valence-corrected chi connectivity index (χ0v) is 20.5. The van der Waals surface area contributed by atoms with E-state index in [-0.39, 0.29) is 13.2 Å². The average Bonchev–Trinajstić information content (AvgIpc) is 3.68. The fourth-order valence-electron chi connectivity index (χ4n) is 4.16. The monoisotopic (exact) mass is 525 g/mol. The lowest BCUT2D eigenvalue weighted by Gasteiger charge is -2.36. The Kier molecular flexibility index (Phi) is 7.97. The van der Waals surface area contributed by atoms with Crippen molar-refractivity contribution in [3.05, 3.63) is 40.1 Å². The molecule has 2 aromatic heterocycles. The maximum atomic E-state index is 13.2. The Morgan fingerprint density at radius 2 is 1.95 bits per heavy atom. The van der Waals surface area contributed by atoms with Gasteiger partial charge < -0.3 is 25.4 Å². The highest BCUT2D eigenvalue weighted by molar-refractivity contribution is 5.80. The molecule has 1 amide bonds. The van der Waals surface area contributed by atoms with Crippen LogP contribution in [0.2, 0.25) is 0 Å². The van der Waals surface area contributed by atoms with E-state index in [9.17, 15) is 27.9 Å². The van der Waals surface area contributed by atoms with E-state index in [1.807, 2.05) is 17.3 Å². The number of halogens is 3. The summed E-state index contributed by atoms with van der Waals surface area (Å²) in [5.74, 6) is 0.639. The lowest BCUT2D eigenvalue weighted by Crippen LogP contribution is -2.56. The molecule has 4 atom stereocenters. The second-order valence-electron chi connectivity index (χ2n) is 9.51. The molecule has 4 unspecified atom stereocenters. The summed E-state index contributed by atoms with van der Waals surface area (Å²) in [4.78, 5) is 34.9. The standard InChI is InChI=1S/C23H30F3N7O4/c1-12(30-17-9-29-32-21(36)19(17)23(24,25)26)11-37-13(2)20(35)31-16-5-6-33(10-18(16)34)22-27-7-15(8-28-22)14-3-4-14/h7-9,12-14,16,18,34H,3-6,10-11H2,1-2H3,(H,31,35)(H2,30,32,36). The van der Waals surface area contributed by atoms with Crippen molar-refractivity contribution >= 4 is 17.5 Å². The number of carbonyl (C=O) groups excluding carboxylic acids is 1. The molecule has 4 rings (SSSR count). The fourth-order valence-corrected chi connectivity index (χ4v) is 4.16. The number of nitrogens with one attached hydrogen (secondary N) is 3. The van der Waals surface area contributed by atoms with E-state index in [1.165, 1.54) is 6.92 Å². The van der Waals surface area contributed by atoms with E-state index in [0.717, 1.165) is 24.6 Å². The Balaban J connectivity index is 1.24. The molecular weight excluding hydrogens is 495 g/mol. The minimum absolute atomic E-state index is 0.117. The minimum atomic E-state index is -4.87. The number of aliphatic hydroxyl groups is 1. The number of β-amino-alcohol motifs (C(OH)–C–C–N with tert-alkyl or cyclic N) is 1. The second kappa shape index (κ2) is 11.0. The zero-order valence-electron chi connectivity index (χ0n) is 20.5. The molecule has 1 saturated carbocycles. The topological polar surface area (TPSA) is 145 Å². The third-order valence-electron chi connectivity index (χ3n) is 6.41. The van der Waals surface area contributed by atoms with Crippen molar-refractivity contribution in [2.24, 2.45) is 0 Å². The summed E-state index contributed by atoms with van der Waals surface area (Å²) in [6, 6.07) is -1.16. The van der Waals surface area contributed by atoms with Crippen LogP contribution in [0.5, 0.6) is 0 Å². The van der Waals surface area contributed by atoms with Crippen LogP contribution in [0.15, 0.2) is 23.4 Å². The molecule has 11 nitrogen and oxygen atoms in total. The van der Waals surface area contributed by atoms with Gasteiger partial charge in [0.25, 0.3) is 5.56 Å². The minimum Gasteiger partial charge on any atom is -0.389 e. The third-order valence-corrected chi connectivity index (χ3v) is 6.41. The number of alkyl halides is 3. The zero-order chi connectivity index (χ0) is 26.7. The molecule has 3 heterocycles. The Morgan fingerprint density at radius 1 is 1.24 bits per heavy atom. The summed E-state index contributed by atoms with van der Waals surface area (Å²) in [7, 11) is 0. The summed E-state index contributed by atoms with van der Waals surface area (Å²) in [6.45, 7) is 3.75. The lowest BCUT2D eigenvalue weighted by atomic mass is 10.0. The number of rotatable bonds is 9. The number of anilines is 2. The SMILES string of the molecule is CC(COC(C)C(=O)NC1CCN(c2ncc(C3CC3)cn2)CC1O)Nc1cn[nH]c(=O)c1C(F)(F)F. The molecule has 0 aromatic carbocycles. The quantitative estimate of drug-likeness (QED) is 0.382. The van der Waals surface area contributed by atoms with Crippen LogP contribution in [0, 0.1) is 0 Å². The van der Waals surface area contributed by atoms with E-state index in [0.29, 0.717) is 24.8 Å². The predicted molar refractivity (Wildman–Crippen MR) is 127 cm³/mol. The number of amides is 1. The number of nitrogens with zero attached hydrogens (tertiary/aromatic N) is 4. The van der Waals surface area contributed by atoms with E-state index < -0.39 is 53.2 Å². The molecule has 37 heavy (non-hydrogen) atoms. The Hall–Kier alpha value is -3.26. The number of aromatic amines is 1. The number of hydrogen-bond acceptors (Lipinski definition) is 9. The molecule has 1 aliphatic heterocycles. The van der Waals surface area contributed by atoms with Crippen molar-refractivity contribution in [2.75, 3.05) is 29.9 Å². The van der Waals surface area contributed by atoms with Crippen molar-refractivity contribution < 1.29 is 27.8 Å². The van der Waals surface area contributed by atoms with Crippen molar-refractivity contribution in [2.45, 2.75) is 69.5 Å². The summed E-state index contributed by atoms with van der Waals surface area (Å²) in [6.07, 6.45) is 0.682. The Bertz CT molecular complexity index is 1140. The number of ether oxygens (including phenoxy) is 1. The van der Waals surface area contributed by atoms with Crippen molar-refractivity contribution in [1.82, 2.24) is 25.5 Å². The van der Waals surface area contributed by atoms with Gasteiger partial charge in [-0.15, -0.1) is 0 Å². The number of hydrogen-bond donors (Lipinski definition) is 4. The molecular formula is C23H30F3N7O4. The van der Waals surface area contributed by atoms with Gasteiger partial charge in [0.15, 0.2) is 0 Å². The van der Waals surface area contributed by atoms with Gasteiger partial charge in [0.1, 0.15) is 11.7 Å². The Labute approximate surface area is 210 Å². The van der Waals surface area contributed by atoms with Crippen LogP contribution < -0.4 is 21.1 Å². The molecule has 2 aromatic rings. The van der Waals surface area contributed by atoms with E-state index in [2.05, 4.69) is 25.7 Å². The first-order valence-electron chi connectivity index (χ1n) is 12.1. The van der Waals surface area contributed by atoms with E-state index in [1.54, 1.807) is 12.0 Å². The van der Waals surface area contributed by atoms with Crippen molar-refractivity contribution in [3.8, 4) is 0 Å². The van der Waals surface area contributed by atoms with Gasteiger partial charge >= 0.3 is 6.18 Å². The maximum absolute atomic E-state index is 13.2. The van der Waals surface area contributed by atoms with Gasteiger partial charge in [-0.05, 0) is 44.6 Å².